The number of thiazole rings is 1. The van der Waals surface area contributed by atoms with Crippen molar-refractivity contribution in [3.8, 4) is 28.0 Å². The van der Waals surface area contributed by atoms with Crippen LogP contribution in [0.4, 0.5) is 5.82 Å². The summed E-state index contributed by atoms with van der Waals surface area (Å²) in [5.41, 5.74) is 8.07. The van der Waals surface area contributed by atoms with E-state index in [1.165, 1.54) is 0 Å². The molecule has 3 N–H and O–H groups in total. The maximum absolute atomic E-state index is 9.91. The molecule has 2 aromatic heterocycles. The molecule has 2 fully saturated rings. The number of anilines is 1. The van der Waals surface area contributed by atoms with E-state index in [0.29, 0.717) is 24.1 Å². The molecule has 1 saturated heterocycles. The molecule has 0 radical (unpaired) electrons. The SMILES string of the molecule is Nc1ncc(-c2cnc(C3CCOCC3)s2)cc1OCc1cccc(C#CC2(O)CC2)c1. The van der Waals surface area contributed by atoms with Crippen LogP contribution < -0.4 is 10.5 Å². The lowest BCUT2D eigenvalue weighted by Gasteiger charge is -2.19. The lowest BCUT2D eigenvalue weighted by atomic mass is 10.0. The summed E-state index contributed by atoms with van der Waals surface area (Å²) in [6.07, 6.45) is 7.21. The molecule has 7 heteroatoms. The second-order valence-corrected chi connectivity index (χ2v) is 9.39. The first-order valence-corrected chi connectivity index (χ1v) is 11.7. The molecule has 3 aromatic rings. The van der Waals surface area contributed by atoms with E-state index < -0.39 is 5.60 Å². The highest BCUT2D eigenvalue weighted by Gasteiger charge is 2.38. The van der Waals surface area contributed by atoms with Crippen LogP contribution in [0.2, 0.25) is 0 Å². The average Bonchev–Trinajstić information content (AvgIpc) is 3.36. The topological polar surface area (TPSA) is 90.5 Å². The van der Waals surface area contributed by atoms with Crippen molar-refractivity contribution in [2.45, 2.75) is 43.8 Å². The number of aliphatic hydroxyl groups is 1. The van der Waals surface area contributed by atoms with Gasteiger partial charge in [0.15, 0.2) is 11.6 Å². The van der Waals surface area contributed by atoms with E-state index in [9.17, 15) is 5.11 Å². The molecule has 1 aromatic carbocycles. The quantitative estimate of drug-likeness (QED) is 0.572. The Morgan fingerprint density at radius 3 is 2.84 bits per heavy atom. The van der Waals surface area contributed by atoms with Gasteiger partial charge in [0.25, 0.3) is 0 Å². The fraction of sp³-hybridized carbons (Fsp3) is 0.360. The molecule has 6 nitrogen and oxygen atoms in total. The molecule has 0 atom stereocenters. The van der Waals surface area contributed by atoms with Crippen LogP contribution in [0.15, 0.2) is 42.7 Å². The van der Waals surface area contributed by atoms with Crippen molar-refractivity contribution in [3.05, 3.63) is 58.9 Å². The van der Waals surface area contributed by atoms with E-state index in [4.69, 9.17) is 15.2 Å². The van der Waals surface area contributed by atoms with Crippen LogP contribution in [0, 0.1) is 11.8 Å². The van der Waals surface area contributed by atoms with Gasteiger partial charge in [-0.05, 0) is 49.4 Å². The Balaban J connectivity index is 1.28. The first kappa shape index (κ1) is 21.0. The zero-order chi connectivity index (χ0) is 22.0. The second-order valence-electron chi connectivity index (χ2n) is 8.33. The van der Waals surface area contributed by atoms with Crippen molar-refractivity contribution >= 4 is 17.2 Å². The maximum Gasteiger partial charge on any atom is 0.166 e. The van der Waals surface area contributed by atoms with Crippen molar-refractivity contribution in [3.63, 3.8) is 0 Å². The summed E-state index contributed by atoms with van der Waals surface area (Å²) in [4.78, 5) is 10.0. The molecular weight excluding hydrogens is 422 g/mol. The molecule has 0 unspecified atom stereocenters. The maximum atomic E-state index is 9.91. The largest absolute Gasteiger partial charge is 0.485 e. The summed E-state index contributed by atoms with van der Waals surface area (Å²) in [5.74, 6) is 7.36. The molecule has 164 valence electrons. The van der Waals surface area contributed by atoms with E-state index in [1.807, 2.05) is 36.5 Å². The van der Waals surface area contributed by atoms with Crippen LogP contribution in [-0.2, 0) is 11.3 Å². The highest BCUT2D eigenvalue weighted by atomic mass is 32.1. The van der Waals surface area contributed by atoms with Gasteiger partial charge in [-0.1, -0.05) is 24.0 Å². The molecule has 1 aliphatic heterocycles. The summed E-state index contributed by atoms with van der Waals surface area (Å²) in [6.45, 7) is 1.95. The first-order valence-electron chi connectivity index (χ1n) is 10.8. The third-order valence-electron chi connectivity index (χ3n) is 5.74. The predicted octanol–water partition coefficient (Wildman–Crippen LogP) is 4.14. The standard InChI is InChI=1S/C25H25N3O3S/c26-23-21(31-16-18-3-1-2-17(12-18)4-7-25(29)8-9-25)13-20(14-27-23)22-15-28-24(32-22)19-5-10-30-11-6-19/h1-3,12-15,19,29H,5-6,8-11,16H2,(H2,26,27). The fourth-order valence-electron chi connectivity index (χ4n) is 3.59. The molecule has 3 heterocycles. The first-order chi connectivity index (χ1) is 15.6. The van der Waals surface area contributed by atoms with Crippen molar-refractivity contribution in [2.75, 3.05) is 18.9 Å². The van der Waals surface area contributed by atoms with Crippen LogP contribution in [0.25, 0.3) is 10.4 Å². The van der Waals surface area contributed by atoms with Crippen LogP contribution in [0.5, 0.6) is 5.75 Å². The van der Waals surface area contributed by atoms with Gasteiger partial charge in [0.2, 0.25) is 0 Å². The minimum Gasteiger partial charge on any atom is -0.485 e. The zero-order valence-electron chi connectivity index (χ0n) is 17.7. The molecule has 5 rings (SSSR count). The van der Waals surface area contributed by atoms with Gasteiger partial charge < -0.3 is 20.3 Å². The van der Waals surface area contributed by atoms with E-state index in [2.05, 4.69) is 21.8 Å². The minimum absolute atomic E-state index is 0.352. The average molecular weight is 448 g/mol. The Bertz CT molecular complexity index is 1170. The highest BCUT2D eigenvalue weighted by molar-refractivity contribution is 7.15. The lowest BCUT2D eigenvalue weighted by Crippen LogP contribution is -2.13. The Labute approximate surface area is 191 Å². The molecule has 0 amide bonds. The van der Waals surface area contributed by atoms with Gasteiger partial charge in [-0.2, -0.15) is 0 Å². The van der Waals surface area contributed by atoms with E-state index in [-0.39, 0.29) is 0 Å². The number of nitrogen functional groups attached to an aromatic ring is 1. The molecule has 2 aliphatic rings. The van der Waals surface area contributed by atoms with Crippen LogP contribution in [0.3, 0.4) is 0 Å². The molecule has 32 heavy (non-hydrogen) atoms. The summed E-state index contributed by atoms with van der Waals surface area (Å²) >= 11 is 1.70. The van der Waals surface area contributed by atoms with Crippen molar-refractivity contribution in [1.82, 2.24) is 9.97 Å². The molecule has 0 spiro atoms. The number of nitrogens with zero attached hydrogens (tertiary/aromatic N) is 2. The van der Waals surface area contributed by atoms with Crippen LogP contribution in [0.1, 0.15) is 47.7 Å². The number of ether oxygens (including phenoxy) is 2. The number of hydrogen-bond donors (Lipinski definition) is 2. The molecule has 0 bridgehead atoms. The van der Waals surface area contributed by atoms with Crippen LogP contribution in [-0.4, -0.2) is 33.9 Å². The Kier molecular flexibility index (Phi) is 5.83. The molecule has 1 aliphatic carbocycles. The Morgan fingerprint density at radius 1 is 1.19 bits per heavy atom. The Morgan fingerprint density at radius 2 is 2.03 bits per heavy atom. The fourth-order valence-corrected chi connectivity index (χ4v) is 4.66. The summed E-state index contributed by atoms with van der Waals surface area (Å²) < 4.78 is 11.5. The number of rotatable bonds is 5. The van der Waals surface area contributed by atoms with Gasteiger partial charge >= 0.3 is 0 Å². The number of aromatic nitrogens is 2. The molecule has 1 saturated carbocycles. The second kappa shape index (κ2) is 8.91. The van der Waals surface area contributed by atoms with Gasteiger partial charge in [0.05, 0.1) is 9.88 Å². The predicted molar refractivity (Wildman–Crippen MR) is 124 cm³/mol. The Hall–Kier alpha value is -2.92. The van der Waals surface area contributed by atoms with Crippen molar-refractivity contribution in [2.24, 2.45) is 0 Å². The monoisotopic (exact) mass is 447 g/mol. The summed E-state index contributed by atoms with van der Waals surface area (Å²) in [6, 6.07) is 9.74. The number of nitrogens with two attached hydrogens (primary N) is 1. The normalized spacial score (nSPS) is 17.4. The number of hydrogen-bond acceptors (Lipinski definition) is 7. The van der Waals surface area contributed by atoms with Crippen molar-refractivity contribution in [1.29, 1.82) is 0 Å². The van der Waals surface area contributed by atoms with Gasteiger partial charge in [-0.15, -0.1) is 11.3 Å². The van der Waals surface area contributed by atoms with E-state index >= 15 is 0 Å². The van der Waals surface area contributed by atoms with E-state index in [0.717, 1.165) is 65.5 Å². The third kappa shape index (κ3) is 4.94. The number of benzene rings is 1. The van der Waals surface area contributed by atoms with Gasteiger partial charge in [0, 0.05) is 42.7 Å². The van der Waals surface area contributed by atoms with Crippen molar-refractivity contribution < 1.29 is 14.6 Å². The number of pyridine rings is 1. The highest BCUT2D eigenvalue weighted by Crippen LogP contribution is 2.36. The van der Waals surface area contributed by atoms with Crippen LogP contribution >= 0.6 is 11.3 Å². The molecular formula is C25H25N3O3S. The summed E-state index contributed by atoms with van der Waals surface area (Å²) in [5, 5.41) is 11.1. The summed E-state index contributed by atoms with van der Waals surface area (Å²) in [7, 11) is 0. The van der Waals surface area contributed by atoms with Gasteiger partial charge in [0.1, 0.15) is 12.2 Å². The van der Waals surface area contributed by atoms with Gasteiger partial charge in [-0.25, -0.2) is 9.97 Å². The zero-order valence-corrected chi connectivity index (χ0v) is 18.5. The third-order valence-corrected chi connectivity index (χ3v) is 6.95. The smallest absolute Gasteiger partial charge is 0.166 e. The minimum atomic E-state index is -0.783. The van der Waals surface area contributed by atoms with Gasteiger partial charge in [-0.3, -0.25) is 0 Å². The lowest BCUT2D eigenvalue weighted by molar-refractivity contribution is 0.0853. The van der Waals surface area contributed by atoms with E-state index in [1.54, 1.807) is 17.5 Å².